The van der Waals surface area contributed by atoms with Crippen LogP contribution in [0.15, 0.2) is 30.3 Å². The van der Waals surface area contributed by atoms with E-state index < -0.39 is 18.0 Å². The van der Waals surface area contributed by atoms with Gasteiger partial charge in [-0.25, -0.2) is 0 Å². The number of hydrogen-bond acceptors (Lipinski definition) is 4. The Hall–Kier alpha value is -1.92. The Bertz CT molecular complexity index is 526. The standard InChI is InChI=1S/C18H30N4O2/c1-18(2,3)22-14(10-7-11-19)17(24)21-15(16(20)23)12-13-8-5-4-6-9-13/h4-6,8-9,14-15,22H,7,10-12,19H2,1-3H3,(H2,20,23)(H,21,24). The highest BCUT2D eigenvalue weighted by molar-refractivity contribution is 5.89. The highest BCUT2D eigenvalue weighted by Crippen LogP contribution is 2.08. The third kappa shape index (κ3) is 7.57. The maximum Gasteiger partial charge on any atom is 0.240 e. The van der Waals surface area contributed by atoms with Crippen LogP contribution in [0, 0.1) is 0 Å². The summed E-state index contributed by atoms with van der Waals surface area (Å²) in [5.41, 5.74) is 11.7. The van der Waals surface area contributed by atoms with Crippen LogP contribution in [0.5, 0.6) is 0 Å². The summed E-state index contributed by atoms with van der Waals surface area (Å²) in [5.74, 6) is -0.765. The predicted octanol–water partition coefficient (Wildman–Crippen LogP) is 0.695. The van der Waals surface area contributed by atoms with E-state index >= 15 is 0 Å². The minimum absolute atomic E-state index is 0.224. The Labute approximate surface area is 144 Å². The van der Waals surface area contributed by atoms with Crippen molar-refractivity contribution in [2.24, 2.45) is 11.5 Å². The van der Waals surface area contributed by atoms with Gasteiger partial charge in [-0.15, -0.1) is 0 Å². The number of hydrogen-bond donors (Lipinski definition) is 4. The molecular formula is C18H30N4O2. The summed E-state index contributed by atoms with van der Waals surface area (Å²) in [6.45, 7) is 6.49. The lowest BCUT2D eigenvalue weighted by Crippen LogP contribution is -2.56. The minimum atomic E-state index is -0.734. The van der Waals surface area contributed by atoms with E-state index in [1.807, 2.05) is 51.1 Å². The molecule has 1 aromatic rings. The monoisotopic (exact) mass is 334 g/mol. The van der Waals surface area contributed by atoms with Crippen molar-refractivity contribution in [2.75, 3.05) is 6.54 Å². The summed E-state index contributed by atoms with van der Waals surface area (Å²) in [5, 5.41) is 6.06. The number of primary amides is 1. The van der Waals surface area contributed by atoms with Crippen molar-refractivity contribution < 1.29 is 9.59 Å². The number of benzene rings is 1. The second-order valence-electron chi connectivity index (χ2n) is 7.03. The fourth-order valence-electron chi connectivity index (χ4n) is 2.46. The van der Waals surface area contributed by atoms with Crippen molar-refractivity contribution in [3.8, 4) is 0 Å². The van der Waals surface area contributed by atoms with Crippen molar-refractivity contribution in [3.63, 3.8) is 0 Å². The molecule has 6 heteroatoms. The molecule has 1 rings (SSSR count). The van der Waals surface area contributed by atoms with Gasteiger partial charge in [0.25, 0.3) is 0 Å². The third-order valence-electron chi connectivity index (χ3n) is 3.56. The molecule has 24 heavy (non-hydrogen) atoms. The molecule has 2 atom stereocenters. The zero-order valence-electron chi connectivity index (χ0n) is 14.8. The fraction of sp³-hybridized carbons (Fsp3) is 0.556. The number of nitrogens with two attached hydrogens (primary N) is 2. The molecule has 0 bridgehead atoms. The first-order chi connectivity index (χ1) is 11.2. The fourth-order valence-corrected chi connectivity index (χ4v) is 2.46. The SMILES string of the molecule is CC(C)(C)NC(CCCN)C(=O)NC(Cc1ccccc1)C(N)=O. The molecule has 0 fully saturated rings. The van der Waals surface area contributed by atoms with E-state index in [4.69, 9.17) is 11.5 Å². The second-order valence-corrected chi connectivity index (χ2v) is 7.03. The largest absolute Gasteiger partial charge is 0.368 e. The summed E-state index contributed by atoms with van der Waals surface area (Å²) in [6, 6.07) is 8.34. The molecule has 0 heterocycles. The number of carbonyl (C=O) groups is 2. The zero-order valence-corrected chi connectivity index (χ0v) is 14.8. The van der Waals surface area contributed by atoms with Crippen LogP contribution < -0.4 is 22.1 Å². The minimum Gasteiger partial charge on any atom is -0.368 e. The number of nitrogens with one attached hydrogen (secondary N) is 2. The lowest BCUT2D eigenvalue weighted by atomic mass is 10.0. The maximum atomic E-state index is 12.6. The van der Waals surface area contributed by atoms with Gasteiger partial charge in [-0.2, -0.15) is 0 Å². The molecule has 0 aliphatic carbocycles. The number of amides is 2. The number of carbonyl (C=O) groups excluding carboxylic acids is 2. The highest BCUT2D eigenvalue weighted by atomic mass is 16.2. The van der Waals surface area contributed by atoms with Crippen LogP contribution in [0.3, 0.4) is 0 Å². The molecule has 1 aromatic carbocycles. The maximum absolute atomic E-state index is 12.6. The molecule has 0 saturated heterocycles. The van der Waals surface area contributed by atoms with Crippen LogP contribution in [-0.4, -0.2) is 36.0 Å². The normalized spacial score (nSPS) is 14.0. The quantitative estimate of drug-likeness (QED) is 0.532. The molecular weight excluding hydrogens is 304 g/mol. The van der Waals surface area contributed by atoms with Crippen LogP contribution >= 0.6 is 0 Å². The van der Waals surface area contributed by atoms with Crippen LogP contribution in [0.4, 0.5) is 0 Å². The molecule has 2 unspecified atom stereocenters. The Morgan fingerprint density at radius 2 is 1.75 bits per heavy atom. The Morgan fingerprint density at radius 1 is 1.12 bits per heavy atom. The summed E-state index contributed by atoms with van der Waals surface area (Å²) in [6.07, 6.45) is 1.71. The van der Waals surface area contributed by atoms with Gasteiger partial charge >= 0.3 is 0 Å². The van der Waals surface area contributed by atoms with Crippen molar-refractivity contribution in [2.45, 2.75) is 57.7 Å². The van der Waals surface area contributed by atoms with Crippen LogP contribution in [0.1, 0.15) is 39.2 Å². The Balaban J connectivity index is 2.77. The van der Waals surface area contributed by atoms with Gasteiger partial charge in [-0.05, 0) is 45.7 Å². The van der Waals surface area contributed by atoms with Crippen molar-refractivity contribution >= 4 is 11.8 Å². The van der Waals surface area contributed by atoms with E-state index in [2.05, 4.69) is 10.6 Å². The number of rotatable bonds is 9. The molecule has 0 saturated carbocycles. The summed E-state index contributed by atoms with van der Waals surface area (Å²) < 4.78 is 0. The molecule has 0 spiro atoms. The van der Waals surface area contributed by atoms with Gasteiger partial charge in [0, 0.05) is 12.0 Å². The Morgan fingerprint density at radius 3 is 2.25 bits per heavy atom. The molecule has 2 amide bonds. The molecule has 6 nitrogen and oxygen atoms in total. The predicted molar refractivity (Wildman–Crippen MR) is 96.2 cm³/mol. The first-order valence-electron chi connectivity index (χ1n) is 8.34. The van der Waals surface area contributed by atoms with Crippen LogP contribution in [-0.2, 0) is 16.0 Å². The average molecular weight is 334 g/mol. The second kappa shape index (κ2) is 9.39. The van der Waals surface area contributed by atoms with E-state index in [1.54, 1.807) is 0 Å². The van der Waals surface area contributed by atoms with Gasteiger partial charge in [-0.1, -0.05) is 30.3 Å². The smallest absolute Gasteiger partial charge is 0.240 e. The molecule has 0 aromatic heterocycles. The van der Waals surface area contributed by atoms with E-state index in [1.165, 1.54) is 0 Å². The molecule has 0 radical (unpaired) electrons. The zero-order chi connectivity index (χ0) is 18.2. The van der Waals surface area contributed by atoms with Gasteiger partial charge in [0.05, 0.1) is 6.04 Å². The van der Waals surface area contributed by atoms with E-state index in [0.29, 0.717) is 19.4 Å². The summed E-state index contributed by atoms with van der Waals surface area (Å²) >= 11 is 0. The van der Waals surface area contributed by atoms with Crippen LogP contribution in [0.25, 0.3) is 0 Å². The Kier molecular flexibility index (Phi) is 7.88. The first-order valence-corrected chi connectivity index (χ1v) is 8.34. The topological polar surface area (TPSA) is 110 Å². The van der Waals surface area contributed by atoms with Crippen molar-refractivity contribution in [1.82, 2.24) is 10.6 Å². The lowest BCUT2D eigenvalue weighted by molar-refractivity contribution is -0.129. The van der Waals surface area contributed by atoms with E-state index in [9.17, 15) is 9.59 Å². The van der Waals surface area contributed by atoms with Crippen LogP contribution in [0.2, 0.25) is 0 Å². The first kappa shape index (κ1) is 20.1. The van der Waals surface area contributed by atoms with Gasteiger partial charge in [0.15, 0.2) is 0 Å². The summed E-state index contributed by atoms with van der Waals surface area (Å²) in [4.78, 5) is 24.3. The highest BCUT2D eigenvalue weighted by Gasteiger charge is 2.27. The average Bonchev–Trinajstić information content (AvgIpc) is 2.50. The van der Waals surface area contributed by atoms with Crippen molar-refractivity contribution in [1.29, 1.82) is 0 Å². The molecule has 6 N–H and O–H groups in total. The summed E-state index contributed by atoms with van der Waals surface area (Å²) in [7, 11) is 0. The molecule has 0 aliphatic rings. The van der Waals surface area contributed by atoms with Gasteiger partial charge in [0.2, 0.25) is 11.8 Å². The van der Waals surface area contributed by atoms with Crippen molar-refractivity contribution in [3.05, 3.63) is 35.9 Å². The van der Waals surface area contributed by atoms with E-state index in [-0.39, 0.29) is 11.4 Å². The molecule has 0 aliphatic heterocycles. The van der Waals surface area contributed by atoms with Gasteiger partial charge in [0.1, 0.15) is 6.04 Å². The molecule has 134 valence electrons. The third-order valence-corrected chi connectivity index (χ3v) is 3.56. The lowest BCUT2D eigenvalue weighted by Gasteiger charge is -2.29. The van der Waals surface area contributed by atoms with E-state index in [0.717, 1.165) is 12.0 Å². The van der Waals surface area contributed by atoms with Gasteiger partial charge < -0.3 is 22.1 Å². The van der Waals surface area contributed by atoms with Gasteiger partial charge in [-0.3, -0.25) is 9.59 Å².